The molecule has 0 bridgehead atoms. The van der Waals surface area contributed by atoms with Crippen molar-refractivity contribution in [2.24, 2.45) is 5.73 Å². The van der Waals surface area contributed by atoms with E-state index in [2.05, 4.69) is 0 Å². The molecule has 0 aliphatic rings. The third-order valence-electron chi connectivity index (χ3n) is 0.564. The third-order valence-corrected chi connectivity index (χ3v) is 1.21. The molecule has 0 fully saturated rings. The molecular formula is C5H10F3NO2S. The molecule has 0 rings (SSSR count). The monoisotopic (exact) mass is 205 g/mol. The normalized spacial score (nSPS) is 10.1. The first-order chi connectivity index (χ1) is 5.36. The van der Waals surface area contributed by atoms with E-state index in [0.29, 0.717) is 0 Å². The van der Waals surface area contributed by atoms with Crippen molar-refractivity contribution in [1.29, 1.82) is 0 Å². The Morgan fingerprint density at radius 2 is 1.92 bits per heavy atom. The molecule has 0 amide bonds. The van der Waals surface area contributed by atoms with Gasteiger partial charge in [-0.15, -0.1) is 0 Å². The maximum absolute atomic E-state index is 10.6. The molecule has 0 heterocycles. The molecule has 0 aliphatic carbocycles. The molecule has 0 saturated carbocycles. The number of alkyl halides is 3. The van der Waals surface area contributed by atoms with Gasteiger partial charge in [0.25, 0.3) is 0 Å². The number of rotatable bonds is 2. The maximum Gasteiger partial charge on any atom is 0.490 e. The van der Waals surface area contributed by atoms with Crippen LogP contribution in [0.3, 0.4) is 0 Å². The summed E-state index contributed by atoms with van der Waals surface area (Å²) in [6.45, 7) is 0.807. The lowest BCUT2D eigenvalue weighted by atomic mass is 10.7. The Balaban J connectivity index is 0. The summed E-state index contributed by atoms with van der Waals surface area (Å²) in [5, 5.41) is 7.12. The molecule has 0 aliphatic heterocycles. The number of halogens is 3. The Morgan fingerprint density at radius 1 is 1.58 bits per heavy atom. The summed E-state index contributed by atoms with van der Waals surface area (Å²) in [5.41, 5.74) is 5.12. The van der Waals surface area contributed by atoms with E-state index in [1.165, 1.54) is 0 Å². The van der Waals surface area contributed by atoms with E-state index in [9.17, 15) is 13.2 Å². The van der Waals surface area contributed by atoms with E-state index in [0.717, 1.165) is 12.3 Å². The third kappa shape index (κ3) is 12.3. The van der Waals surface area contributed by atoms with Gasteiger partial charge >= 0.3 is 12.1 Å². The first-order valence-electron chi connectivity index (χ1n) is 2.85. The van der Waals surface area contributed by atoms with Gasteiger partial charge in [-0.05, 0) is 6.26 Å². The van der Waals surface area contributed by atoms with Crippen LogP contribution in [0.25, 0.3) is 0 Å². The number of nitrogens with two attached hydrogens (primary N) is 1. The molecule has 0 aromatic rings. The smallest absolute Gasteiger partial charge is 0.475 e. The molecule has 0 atom stereocenters. The molecule has 0 spiro atoms. The summed E-state index contributed by atoms with van der Waals surface area (Å²) >= 11 is 1.78. The van der Waals surface area contributed by atoms with Crippen LogP contribution in [0.15, 0.2) is 0 Å². The zero-order chi connectivity index (χ0) is 10.2. The van der Waals surface area contributed by atoms with Crippen molar-refractivity contribution in [1.82, 2.24) is 0 Å². The minimum atomic E-state index is -5.08. The van der Waals surface area contributed by atoms with Gasteiger partial charge in [-0.2, -0.15) is 24.9 Å². The second kappa shape index (κ2) is 7.23. The molecule has 0 radical (unpaired) electrons. The number of carbonyl (C=O) groups is 1. The Bertz CT molecular complexity index is 126. The summed E-state index contributed by atoms with van der Waals surface area (Å²) < 4.78 is 31.7. The van der Waals surface area contributed by atoms with Crippen molar-refractivity contribution < 1.29 is 23.1 Å². The first-order valence-corrected chi connectivity index (χ1v) is 4.24. The maximum atomic E-state index is 10.6. The lowest BCUT2D eigenvalue weighted by Crippen LogP contribution is -2.21. The van der Waals surface area contributed by atoms with Gasteiger partial charge in [-0.25, -0.2) is 4.79 Å². The van der Waals surface area contributed by atoms with Gasteiger partial charge in [0, 0.05) is 12.3 Å². The summed E-state index contributed by atoms with van der Waals surface area (Å²) in [4.78, 5) is 8.90. The number of carboxylic acids is 1. The first kappa shape index (κ1) is 14.1. The molecule has 74 valence electrons. The van der Waals surface area contributed by atoms with Crippen molar-refractivity contribution in [3.05, 3.63) is 0 Å². The van der Waals surface area contributed by atoms with E-state index in [1.54, 1.807) is 11.8 Å². The lowest BCUT2D eigenvalue weighted by molar-refractivity contribution is -0.192. The van der Waals surface area contributed by atoms with Crippen molar-refractivity contribution in [3.8, 4) is 0 Å². The highest BCUT2D eigenvalue weighted by Gasteiger charge is 2.38. The molecule has 12 heavy (non-hydrogen) atoms. The topological polar surface area (TPSA) is 63.3 Å². The average Bonchev–Trinajstić information content (AvgIpc) is 1.88. The Morgan fingerprint density at radius 3 is 1.92 bits per heavy atom. The average molecular weight is 205 g/mol. The van der Waals surface area contributed by atoms with Crippen LogP contribution < -0.4 is 5.73 Å². The predicted molar refractivity (Wildman–Crippen MR) is 41.1 cm³/mol. The summed E-state index contributed by atoms with van der Waals surface area (Å²) in [7, 11) is 0. The second-order valence-corrected chi connectivity index (χ2v) is 2.57. The Kier molecular flexibility index (Phi) is 8.51. The standard InChI is InChI=1S/C3H9NS.C2HF3O2/c1-5-3-2-4;3-2(4,5)1(6)7/h2-4H2,1H3;(H,6,7). The van der Waals surface area contributed by atoms with Crippen LogP contribution in [0.5, 0.6) is 0 Å². The number of hydrogen-bond acceptors (Lipinski definition) is 3. The van der Waals surface area contributed by atoms with Gasteiger partial charge < -0.3 is 10.8 Å². The van der Waals surface area contributed by atoms with Crippen molar-refractivity contribution >= 4 is 17.7 Å². The molecule has 0 aromatic heterocycles. The molecule has 7 heteroatoms. The van der Waals surface area contributed by atoms with Crippen molar-refractivity contribution in [2.45, 2.75) is 6.18 Å². The highest BCUT2D eigenvalue weighted by Crippen LogP contribution is 2.13. The largest absolute Gasteiger partial charge is 0.490 e. The van der Waals surface area contributed by atoms with Crippen LogP contribution in [-0.4, -0.2) is 35.8 Å². The fraction of sp³-hybridized carbons (Fsp3) is 0.800. The molecule has 3 N–H and O–H groups in total. The Labute approximate surface area is 72.1 Å². The van der Waals surface area contributed by atoms with Gasteiger partial charge in [0.1, 0.15) is 0 Å². The lowest BCUT2D eigenvalue weighted by Gasteiger charge is -1.93. The van der Waals surface area contributed by atoms with Crippen LogP contribution in [0.4, 0.5) is 13.2 Å². The molecular weight excluding hydrogens is 195 g/mol. The van der Waals surface area contributed by atoms with Gasteiger partial charge in [-0.3, -0.25) is 0 Å². The van der Waals surface area contributed by atoms with E-state index < -0.39 is 12.1 Å². The minimum Gasteiger partial charge on any atom is -0.475 e. The zero-order valence-corrected chi connectivity index (χ0v) is 7.21. The SMILES string of the molecule is CSCCN.O=C(O)C(F)(F)F. The Hall–Kier alpha value is -0.430. The molecule has 3 nitrogen and oxygen atoms in total. The van der Waals surface area contributed by atoms with Crippen molar-refractivity contribution in [3.63, 3.8) is 0 Å². The molecule has 0 aromatic carbocycles. The fourth-order valence-electron chi connectivity index (χ4n) is 0.118. The highest BCUT2D eigenvalue weighted by molar-refractivity contribution is 7.98. The zero-order valence-electron chi connectivity index (χ0n) is 6.39. The van der Waals surface area contributed by atoms with Gasteiger partial charge in [0.15, 0.2) is 0 Å². The molecule has 0 unspecified atom stereocenters. The number of thioether (sulfide) groups is 1. The number of carboxylic acid groups (broad SMARTS) is 1. The van der Waals surface area contributed by atoms with E-state index in [-0.39, 0.29) is 0 Å². The quantitative estimate of drug-likeness (QED) is 0.704. The van der Waals surface area contributed by atoms with Gasteiger partial charge in [0.2, 0.25) is 0 Å². The van der Waals surface area contributed by atoms with Gasteiger partial charge in [-0.1, -0.05) is 0 Å². The summed E-state index contributed by atoms with van der Waals surface area (Å²) in [6, 6.07) is 0. The van der Waals surface area contributed by atoms with Crippen molar-refractivity contribution in [2.75, 3.05) is 18.6 Å². The predicted octanol–water partition coefficient (Wildman–Crippen LogP) is 0.941. The van der Waals surface area contributed by atoms with Crippen LogP contribution in [-0.2, 0) is 4.79 Å². The van der Waals surface area contributed by atoms with Crippen LogP contribution >= 0.6 is 11.8 Å². The second-order valence-electron chi connectivity index (χ2n) is 1.58. The molecule has 0 saturated heterocycles. The highest BCUT2D eigenvalue weighted by atomic mass is 32.2. The fourth-order valence-corrected chi connectivity index (χ4v) is 0.354. The van der Waals surface area contributed by atoms with E-state index >= 15 is 0 Å². The summed E-state index contributed by atoms with van der Waals surface area (Å²) in [6.07, 6.45) is -3.03. The number of hydrogen-bond donors (Lipinski definition) is 2. The van der Waals surface area contributed by atoms with E-state index in [1.807, 2.05) is 6.26 Å². The number of aliphatic carboxylic acids is 1. The van der Waals surface area contributed by atoms with Crippen LogP contribution in [0, 0.1) is 0 Å². The van der Waals surface area contributed by atoms with Crippen LogP contribution in [0.2, 0.25) is 0 Å². The van der Waals surface area contributed by atoms with Crippen LogP contribution in [0.1, 0.15) is 0 Å². The van der Waals surface area contributed by atoms with E-state index in [4.69, 9.17) is 15.6 Å². The summed E-state index contributed by atoms with van der Waals surface area (Å²) in [5.74, 6) is -1.67. The minimum absolute atomic E-state index is 0.807. The van der Waals surface area contributed by atoms with Gasteiger partial charge in [0.05, 0.1) is 0 Å².